The first-order chi connectivity index (χ1) is 12.5. The first-order valence-electron chi connectivity index (χ1n) is 8.00. The van der Waals surface area contributed by atoms with Crippen molar-refractivity contribution in [3.63, 3.8) is 0 Å². The number of benzene rings is 2. The number of carbonyl (C=O) groups is 1. The molecule has 0 radical (unpaired) electrons. The fourth-order valence-corrected chi connectivity index (χ4v) is 2.91. The van der Waals surface area contributed by atoms with Crippen molar-refractivity contribution >= 4 is 27.6 Å². The zero-order valence-electron chi connectivity index (χ0n) is 14.6. The molecule has 0 bridgehead atoms. The van der Waals surface area contributed by atoms with Gasteiger partial charge in [-0.05, 0) is 46.1 Å². The molecule has 2 aromatic rings. The van der Waals surface area contributed by atoms with Crippen LogP contribution in [0.15, 0.2) is 52.1 Å². The topological polar surface area (TPSA) is 77.4 Å². The van der Waals surface area contributed by atoms with Crippen molar-refractivity contribution in [2.24, 2.45) is 5.16 Å². The van der Waals surface area contributed by atoms with Crippen LogP contribution in [0.3, 0.4) is 0 Å². The second kappa shape index (κ2) is 9.82. The van der Waals surface area contributed by atoms with Crippen LogP contribution in [0, 0.1) is 0 Å². The number of carbonyl (C=O) groups excluding carboxylic acids is 1. The Bertz CT molecular complexity index is 754. The first kappa shape index (κ1) is 19.8. The number of nitrogens with zero attached hydrogens (tertiary/aromatic N) is 1. The number of rotatable bonds is 8. The maximum atomic E-state index is 12.2. The van der Waals surface area contributed by atoms with Gasteiger partial charge in [-0.2, -0.15) is 0 Å². The Morgan fingerprint density at radius 3 is 2.54 bits per heavy atom. The van der Waals surface area contributed by atoms with Gasteiger partial charge in [-0.1, -0.05) is 35.5 Å². The Balaban J connectivity index is 2.16. The molecule has 0 spiro atoms. The largest absolute Gasteiger partial charge is 0.504 e. The molecule has 0 heterocycles. The molecular weight excluding hydrogens is 402 g/mol. The summed E-state index contributed by atoms with van der Waals surface area (Å²) < 4.78 is 10.7. The number of ether oxygens (including phenoxy) is 2. The van der Waals surface area contributed by atoms with Crippen molar-refractivity contribution < 1.29 is 24.2 Å². The first-order valence-corrected chi connectivity index (χ1v) is 8.79. The van der Waals surface area contributed by atoms with E-state index in [1.54, 1.807) is 13.0 Å². The third-order valence-corrected chi connectivity index (χ3v) is 4.01. The molecule has 0 saturated heterocycles. The molecule has 138 valence electrons. The normalized spacial score (nSPS) is 11.1. The van der Waals surface area contributed by atoms with Crippen molar-refractivity contribution in [1.29, 1.82) is 0 Å². The quantitative estimate of drug-likeness (QED) is 0.398. The molecule has 6 nitrogen and oxygen atoms in total. The lowest BCUT2D eigenvalue weighted by Crippen LogP contribution is -2.20. The van der Waals surface area contributed by atoms with Gasteiger partial charge in [0.25, 0.3) is 0 Å². The van der Waals surface area contributed by atoms with Crippen molar-refractivity contribution in [1.82, 2.24) is 0 Å². The molecule has 0 aromatic heterocycles. The van der Waals surface area contributed by atoms with Gasteiger partial charge in [0.1, 0.15) is 6.61 Å². The highest BCUT2D eigenvalue weighted by atomic mass is 79.9. The van der Waals surface area contributed by atoms with Gasteiger partial charge < -0.3 is 19.4 Å². The number of oxime groups is 1. The van der Waals surface area contributed by atoms with Gasteiger partial charge >= 0.3 is 5.97 Å². The second-order valence-electron chi connectivity index (χ2n) is 5.32. The van der Waals surface area contributed by atoms with Crippen LogP contribution in [0.2, 0.25) is 0 Å². The molecule has 0 aliphatic heterocycles. The van der Waals surface area contributed by atoms with Crippen LogP contribution >= 0.6 is 15.9 Å². The Morgan fingerprint density at radius 1 is 1.19 bits per heavy atom. The summed E-state index contributed by atoms with van der Waals surface area (Å²) in [6, 6.07) is 12.7. The maximum absolute atomic E-state index is 12.2. The summed E-state index contributed by atoms with van der Waals surface area (Å²) in [4.78, 5) is 17.5. The van der Waals surface area contributed by atoms with Gasteiger partial charge in [0.05, 0.1) is 18.2 Å². The Kier molecular flexibility index (Phi) is 7.47. The molecular formula is C19H20BrNO5. The molecule has 0 atom stereocenters. The molecule has 0 unspecified atom stereocenters. The molecule has 7 heteroatoms. The number of phenolic OH excluding ortho intramolecular Hbond substituents is 1. The number of halogens is 1. The molecule has 0 aliphatic carbocycles. The van der Waals surface area contributed by atoms with E-state index in [9.17, 15) is 9.90 Å². The van der Waals surface area contributed by atoms with E-state index in [2.05, 4.69) is 21.1 Å². The monoisotopic (exact) mass is 421 g/mol. The van der Waals surface area contributed by atoms with Gasteiger partial charge in [0.15, 0.2) is 17.2 Å². The van der Waals surface area contributed by atoms with Crippen LogP contribution in [-0.2, 0) is 27.4 Å². The zero-order chi connectivity index (χ0) is 18.9. The number of phenols is 1. The van der Waals surface area contributed by atoms with E-state index in [0.717, 1.165) is 5.56 Å². The minimum absolute atomic E-state index is 0.0368. The average molecular weight is 422 g/mol. The number of methoxy groups -OCH3 is 1. The lowest BCUT2D eigenvalue weighted by atomic mass is 10.1. The fraction of sp³-hybridized carbons (Fsp3) is 0.263. The standard InChI is InChI=1S/C19H20BrNO5/c1-3-25-19(23)16(21-26-12-13-7-5-4-6-8-13)10-14-9-15(20)18(24-2)17(22)11-14/h4-9,11,22H,3,10,12H2,1-2H3/b21-16-. The molecule has 0 saturated carbocycles. The van der Waals surface area contributed by atoms with Gasteiger partial charge in [-0.25, -0.2) is 4.79 Å². The minimum Gasteiger partial charge on any atom is -0.504 e. The van der Waals surface area contributed by atoms with Crippen LogP contribution in [0.25, 0.3) is 0 Å². The van der Waals surface area contributed by atoms with E-state index in [1.807, 2.05) is 30.3 Å². The van der Waals surface area contributed by atoms with Crippen LogP contribution in [0.1, 0.15) is 18.1 Å². The predicted molar refractivity (Wildman–Crippen MR) is 101 cm³/mol. The second-order valence-corrected chi connectivity index (χ2v) is 6.18. The molecule has 2 aromatic carbocycles. The van der Waals surface area contributed by atoms with Crippen molar-refractivity contribution in [3.05, 3.63) is 58.1 Å². The lowest BCUT2D eigenvalue weighted by Gasteiger charge is -2.10. The van der Waals surface area contributed by atoms with E-state index < -0.39 is 5.97 Å². The smallest absolute Gasteiger partial charge is 0.356 e. The van der Waals surface area contributed by atoms with Crippen LogP contribution in [0.5, 0.6) is 11.5 Å². The molecule has 0 aliphatic rings. The SMILES string of the molecule is CCOC(=O)/C(Cc1cc(O)c(OC)c(Br)c1)=N\OCc1ccccc1. The summed E-state index contributed by atoms with van der Waals surface area (Å²) in [7, 11) is 1.46. The van der Waals surface area contributed by atoms with Crippen LogP contribution in [-0.4, -0.2) is 30.5 Å². The van der Waals surface area contributed by atoms with Gasteiger partial charge in [0.2, 0.25) is 0 Å². The van der Waals surface area contributed by atoms with E-state index in [0.29, 0.717) is 15.8 Å². The molecule has 2 rings (SSSR count). The Labute approximate surface area is 160 Å². The summed E-state index contributed by atoms with van der Waals surface area (Å²) in [5, 5.41) is 14.0. The third kappa shape index (κ3) is 5.49. The Morgan fingerprint density at radius 2 is 1.92 bits per heavy atom. The summed E-state index contributed by atoms with van der Waals surface area (Å²) in [5.74, 6) is -0.277. The molecule has 26 heavy (non-hydrogen) atoms. The molecule has 0 amide bonds. The predicted octanol–water partition coefficient (Wildman–Crippen LogP) is 3.84. The lowest BCUT2D eigenvalue weighted by molar-refractivity contribution is -0.135. The summed E-state index contributed by atoms with van der Waals surface area (Å²) in [6.45, 7) is 2.19. The minimum atomic E-state index is -0.563. The number of esters is 1. The van der Waals surface area contributed by atoms with E-state index in [4.69, 9.17) is 14.3 Å². The highest BCUT2D eigenvalue weighted by Crippen LogP contribution is 2.35. The Hall–Kier alpha value is -2.54. The maximum Gasteiger partial charge on any atom is 0.356 e. The number of aromatic hydroxyl groups is 1. The van der Waals surface area contributed by atoms with Crippen LogP contribution < -0.4 is 4.74 Å². The summed E-state index contributed by atoms with van der Waals surface area (Å²) >= 11 is 3.33. The third-order valence-electron chi connectivity index (χ3n) is 3.42. The van der Waals surface area contributed by atoms with Crippen molar-refractivity contribution in [3.8, 4) is 11.5 Å². The highest BCUT2D eigenvalue weighted by molar-refractivity contribution is 9.10. The fourth-order valence-electron chi connectivity index (χ4n) is 2.25. The van der Waals surface area contributed by atoms with Gasteiger partial charge in [-0.3, -0.25) is 0 Å². The summed E-state index contributed by atoms with van der Waals surface area (Å²) in [5.41, 5.74) is 1.70. The summed E-state index contributed by atoms with van der Waals surface area (Å²) in [6.07, 6.45) is 0.143. The van der Waals surface area contributed by atoms with Crippen LogP contribution in [0.4, 0.5) is 0 Å². The number of hydrogen-bond acceptors (Lipinski definition) is 6. The number of hydrogen-bond donors (Lipinski definition) is 1. The van der Waals surface area contributed by atoms with E-state index >= 15 is 0 Å². The molecule has 0 fully saturated rings. The van der Waals surface area contributed by atoms with E-state index in [1.165, 1.54) is 13.2 Å². The van der Waals surface area contributed by atoms with Gasteiger partial charge in [0, 0.05) is 6.42 Å². The van der Waals surface area contributed by atoms with Gasteiger partial charge in [-0.15, -0.1) is 0 Å². The van der Waals surface area contributed by atoms with Crippen molar-refractivity contribution in [2.45, 2.75) is 20.0 Å². The van der Waals surface area contributed by atoms with E-state index in [-0.39, 0.29) is 31.1 Å². The highest BCUT2D eigenvalue weighted by Gasteiger charge is 2.17. The molecule has 1 N–H and O–H groups in total. The van der Waals surface area contributed by atoms with Crippen molar-refractivity contribution in [2.75, 3.05) is 13.7 Å². The average Bonchev–Trinajstić information content (AvgIpc) is 2.62. The zero-order valence-corrected chi connectivity index (χ0v) is 16.2.